The van der Waals surface area contributed by atoms with Gasteiger partial charge in [0.1, 0.15) is 0 Å². The zero-order valence-electron chi connectivity index (χ0n) is 22.3. The molecule has 0 fully saturated rings. The number of rotatable bonds is 27. The smallest absolute Gasteiger partial charge is 0.374 e. The Bertz CT molecular complexity index is 427. The summed E-state index contributed by atoms with van der Waals surface area (Å²) < 4.78 is 17.8. The van der Waals surface area contributed by atoms with E-state index in [9.17, 15) is 4.79 Å². The summed E-state index contributed by atoms with van der Waals surface area (Å²) in [6.45, 7) is 8.77. The van der Waals surface area contributed by atoms with Crippen molar-refractivity contribution in [3.8, 4) is 0 Å². The maximum absolute atomic E-state index is 9.97. The molecule has 0 heterocycles. The van der Waals surface area contributed by atoms with Gasteiger partial charge < -0.3 is 13.3 Å². The molecule has 6 heteroatoms. The number of hydrogen-bond acceptors (Lipinski definition) is 5. The average molecular weight is 486 g/mol. The van der Waals surface area contributed by atoms with Crippen molar-refractivity contribution in [3.05, 3.63) is 0 Å². The maximum atomic E-state index is 9.97. The Balaban J connectivity index is 3.37. The van der Waals surface area contributed by atoms with Crippen molar-refractivity contribution in [2.45, 2.75) is 142 Å². The van der Waals surface area contributed by atoms with Crippen LogP contribution in [0.15, 0.2) is 4.99 Å². The predicted molar refractivity (Wildman–Crippen MR) is 142 cm³/mol. The van der Waals surface area contributed by atoms with Gasteiger partial charge in [0.2, 0.25) is 6.08 Å². The lowest BCUT2D eigenvalue weighted by atomic mass is 10.0. The molecule has 0 unspecified atom stereocenters. The molecule has 0 spiro atoms. The predicted octanol–water partition coefficient (Wildman–Crippen LogP) is 8.39. The molecule has 0 aromatic rings. The summed E-state index contributed by atoms with van der Waals surface area (Å²) in [7, 11) is -2.42. The first-order chi connectivity index (χ1) is 16.2. The summed E-state index contributed by atoms with van der Waals surface area (Å²) in [5, 5.41) is 0. The Morgan fingerprint density at radius 1 is 0.515 bits per heavy atom. The van der Waals surface area contributed by atoms with Gasteiger partial charge in [-0.3, -0.25) is 0 Å². The average Bonchev–Trinajstić information content (AvgIpc) is 2.80. The van der Waals surface area contributed by atoms with E-state index in [2.05, 4.69) is 4.99 Å². The quantitative estimate of drug-likeness (QED) is 0.0507. The molecule has 0 rings (SSSR count). The van der Waals surface area contributed by atoms with E-state index in [1.54, 1.807) is 6.08 Å². The van der Waals surface area contributed by atoms with Crippen LogP contribution in [0.25, 0.3) is 0 Å². The first kappa shape index (κ1) is 32.5. The van der Waals surface area contributed by atoms with Crippen LogP contribution in [0.1, 0.15) is 136 Å². The second kappa shape index (κ2) is 26.1. The fraction of sp³-hybridized carbons (Fsp3) is 0.963. The number of aliphatic imine (C=N–C) groups is 1. The molecule has 0 aromatic carbocycles. The summed E-state index contributed by atoms with van der Waals surface area (Å²) >= 11 is 0. The van der Waals surface area contributed by atoms with Crippen molar-refractivity contribution in [1.29, 1.82) is 0 Å². The van der Waals surface area contributed by atoms with Crippen LogP contribution in [-0.2, 0) is 18.1 Å². The molecule has 0 bridgehead atoms. The van der Waals surface area contributed by atoms with E-state index in [1.165, 1.54) is 103 Å². The van der Waals surface area contributed by atoms with Gasteiger partial charge in [-0.1, -0.05) is 103 Å². The lowest BCUT2D eigenvalue weighted by Gasteiger charge is -2.28. The summed E-state index contributed by atoms with van der Waals surface area (Å²) in [5.41, 5.74) is 0. The normalized spacial score (nSPS) is 11.6. The van der Waals surface area contributed by atoms with Gasteiger partial charge in [0.05, 0.1) is 6.54 Å². The lowest BCUT2D eigenvalue weighted by molar-refractivity contribution is 0.0706. The first-order valence-corrected chi connectivity index (χ1v) is 16.1. The van der Waals surface area contributed by atoms with E-state index in [-0.39, 0.29) is 0 Å². The molecule has 0 radical (unpaired) electrons. The molecule has 0 N–H and O–H groups in total. The minimum Gasteiger partial charge on any atom is -0.374 e. The van der Waals surface area contributed by atoms with Crippen LogP contribution in [-0.4, -0.2) is 41.2 Å². The molecule has 0 saturated heterocycles. The Kier molecular flexibility index (Phi) is 25.7. The van der Waals surface area contributed by atoms with Crippen LogP contribution in [0.4, 0.5) is 0 Å². The van der Waals surface area contributed by atoms with Crippen LogP contribution in [0, 0.1) is 0 Å². The number of hydrogen-bond donors (Lipinski definition) is 0. The maximum Gasteiger partial charge on any atom is 0.500 e. The molecule has 0 saturated carbocycles. The highest BCUT2D eigenvalue weighted by Crippen LogP contribution is 2.21. The first-order valence-electron chi connectivity index (χ1n) is 14.2. The van der Waals surface area contributed by atoms with E-state index in [0.29, 0.717) is 26.4 Å². The molecule has 5 nitrogen and oxygen atoms in total. The van der Waals surface area contributed by atoms with Gasteiger partial charge in [-0.2, -0.15) is 0 Å². The second-order valence-corrected chi connectivity index (χ2v) is 11.8. The number of nitrogens with zero attached hydrogens (tertiary/aromatic N) is 1. The van der Waals surface area contributed by atoms with Gasteiger partial charge in [0, 0.05) is 25.9 Å². The molecular formula is C27H55NO4Si. The van der Waals surface area contributed by atoms with Crippen molar-refractivity contribution >= 4 is 14.9 Å². The third-order valence-corrected chi connectivity index (χ3v) is 9.31. The monoisotopic (exact) mass is 485 g/mol. The van der Waals surface area contributed by atoms with Gasteiger partial charge in [-0.15, -0.1) is 0 Å². The second-order valence-electron chi connectivity index (χ2n) is 9.07. The van der Waals surface area contributed by atoms with Gasteiger partial charge >= 0.3 is 8.80 Å². The van der Waals surface area contributed by atoms with E-state index in [4.69, 9.17) is 13.3 Å². The molecular weight excluding hydrogens is 430 g/mol. The molecule has 0 atom stereocenters. The third-order valence-electron chi connectivity index (χ3n) is 6.16. The molecule has 0 aliphatic rings. The summed E-state index contributed by atoms with van der Waals surface area (Å²) in [5.74, 6) is 0. The Hall–Kier alpha value is -0.523. The van der Waals surface area contributed by atoms with Crippen LogP contribution < -0.4 is 0 Å². The third kappa shape index (κ3) is 21.7. The van der Waals surface area contributed by atoms with Gasteiger partial charge in [-0.25, -0.2) is 9.79 Å². The molecule has 0 aliphatic heterocycles. The van der Waals surface area contributed by atoms with E-state index < -0.39 is 8.80 Å². The Labute approximate surface area is 206 Å². The zero-order chi connectivity index (χ0) is 24.3. The highest BCUT2D eigenvalue weighted by molar-refractivity contribution is 6.60. The van der Waals surface area contributed by atoms with Crippen molar-refractivity contribution in [2.75, 3.05) is 26.4 Å². The van der Waals surface area contributed by atoms with Crippen molar-refractivity contribution in [1.82, 2.24) is 0 Å². The summed E-state index contributed by atoms with van der Waals surface area (Å²) in [6.07, 6.45) is 25.5. The van der Waals surface area contributed by atoms with Crippen molar-refractivity contribution in [3.63, 3.8) is 0 Å². The minimum atomic E-state index is -2.42. The van der Waals surface area contributed by atoms with Crippen LogP contribution in [0.2, 0.25) is 6.04 Å². The SMILES string of the molecule is CCO[Si](CCCCCCCCCCCCCCCCCCCCN=C=O)(OCC)OCC. The molecule has 0 amide bonds. The topological polar surface area (TPSA) is 57.1 Å². The number of carbonyl (C=O) groups excluding carboxylic acids is 1. The fourth-order valence-electron chi connectivity index (χ4n) is 4.41. The zero-order valence-corrected chi connectivity index (χ0v) is 23.3. The molecule has 0 aliphatic carbocycles. The fourth-order valence-corrected chi connectivity index (χ4v) is 7.09. The largest absolute Gasteiger partial charge is 0.500 e. The van der Waals surface area contributed by atoms with Crippen LogP contribution in [0.5, 0.6) is 0 Å². The Morgan fingerprint density at radius 3 is 1.12 bits per heavy atom. The van der Waals surface area contributed by atoms with Gasteiger partial charge in [0.15, 0.2) is 0 Å². The lowest BCUT2D eigenvalue weighted by Crippen LogP contribution is -2.45. The van der Waals surface area contributed by atoms with Gasteiger partial charge in [0.25, 0.3) is 0 Å². The van der Waals surface area contributed by atoms with Gasteiger partial charge in [-0.05, 0) is 33.6 Å². The van der Waals surface area contributed by atoms with E-state index >= 15 is 0 Å². The van der Waals surface area contributed by atoms with Crippen LogP contribution >= 0.6 is 0 Å². The molecule has 196 valence electrons. The van der Waals surface area contributed by atoms with E-state index in [1.807, 2.05) is 20.8 Å². The summed E-state index contributed by atoms with van der Waals surface area (Å²) in [6, 6.07) is 0.959. The number of isocyanates is 1. The highest BCUT2D eigenvalue weighted by atomic mass is 28.4. The molecule has 33 heavy (non-hydrogen) atoms. The standard InChI is InChI=1S/C27H55NO4Si/c1-4-30-33(31-5-2,32-6-3)26-24-22-20-18-16-14-12-10-8-7-9-11-13-15-17-19-21-23-25-28-27-29/h4-26H2,1-3H3. The Morgan fingerprint density at radius 2 is 0.818 bits per heavy atom. The van der Waals surface area contributed by atoms with Crippen molar-refractivity contribution < 1.29 is 18.1 Å². The summed E-state index contributed by atoms with van der Waals surface area (Å²) in [4.78, 5) is 13.6. The van der Waals surface area contributed by atoms with Crippen LogP contribution in [0.3, 0.4) is 0 Å². The number of unbranched alkanes of at least 4 members (excludes halogenated alkanes) is 17. The minimum absolute atomic E-state index is 0.657. The molecule has 0 aromatic heterocycles. The van der Waals surface area contributed by atoms with E-state index in [0.717, 1.165) is 18.9 Å². The van der Waals surface area contributed by atoms with Crippen molar-refractivity contribution in [2.24, 2.45) is 4.99 Å². The highest BCUT2D eigenvalue weighted by Gasteiger charge is 2.39.